The maximum Gasteiger partial charge on any atom is 0.269 e. The monoisotopic (exact) mass is 430 g/mol. The Hall–Kier alpha value is -2.72. The molecular weight excluding hydrogens is 412 g/mol. The molecule has 1 aliphatic carbocycles. The SMILES string of the molecule is CC1CCc2c(sc3nc(SCC(=O)Nc4ccc([N+](=O)[O-])cc4)[nH]c(=O)c23)C1. The largest absolute Gasteiger partial charge is 0.325 e. The van der Waals surface area contributed by atoms with Gasteiger partial charge in [0.2, 0.25) is 5.91 Å². The van der Waals surface area contributed by atoms with Gasteiger partial charge in [-0.05, 0) is 42.9 Å². The van der Waals surface area contributed by atoms with Crippen LogP contribution in [0.5, 0.6) is 0 Å². The maximum absolute atomic E-state index is 12.6. The predicted molar refractivity (Wildman–Crippen MR) is 114 cm³/mol. The summed E-state index contributed by atoms with van der Waals surface area (Å²) in [5, 5.41) is 14.5. The Morgan fingerprint density at radius 3 is 2.90 bits per heavy atom. The topological polar surface area (TPSA) is 118 Å². The van der Waals surface area contributed by atoms with E-state index in [1.807, 2.05) is 0 Å². The summed E-state index contributed by atoms with van der Waals surface area (Å²) in [6, 6.07) is 5.61. The predicted octanol–water partition coefficient (Wildman–Crippen LogP) is 3.75. The van der Waals surface area contributed by atoms with E-state index in [4.69, 9.17) is 0 Å². The van der Waals surface area contributed by atoms with Crippen molar-refractivity contribution in [3.63, 3.8) is 0 Å². The number of amides is 1. The minimum Gasteiger partial charge on any atom is -0.325 e. The summed E-state index contributed by atoms with van der Waals surface area (Å²) in [5.74, 6) is 0.394. The summed E-state index contributed by atoms with van der Waals surface area (Å²) in [6.07, 6.45) is 2.97. The van der Waals surface area contributed by atoms with E-state index in [2.05, 4.69) is 22.2 Å². The van der Waals surface area contributed by atoms with E-state index in [0.29, 0.717) is 22.1 Å². The summed E-state index contributed by atoms with van der Waals surface area (Å²) in [5.41, 5.74) is 1.41. The van der Waals surface area contributed by atoms with Gasteiger partial charge in [0.25, 0.3) is 11.2 Å². The van der Waals surface area contributed by atoms with Crippen LogP contribution in [-0.2, 0) is 17.6 Å². The number of hydrogen-bond donors (Lipinski definition) is 2. The summed E-state index contributed by atoms with van der Waals surface area (Å²) in [4.78, 5) is 44.2. The molecule has 1 aromatic carbocycles. The lowest BCUT2D eigenvalue weighted by molar-refractivity contribution is -0.384. The number of benzene rings is 1. The lowest BCUT2D eigenvalue weighted by atomic mass is 9.89. The van der Waals surface area contributed by atoms with Gasteiger partial charge in [-0.2, -0.15) is 0 Å². The van der Waals surface area contributed by atoms with E-state index >= 15 is 0 Å². The molecule has 0 bridgehead atoms. The van der Waals surface area contributed by atoms with Gasteiger partial charge in [-0.1, -0.05) is 18.7 Å². The fraction of sp³-hybridized carbons (Fsp3) is 0.316. The molecule has 4 rings (SSSR count). The van der Waals surface area contributed by atoms with Crippen LogP contribution in [0.2, 0.25) is 0 Å². The smallest absolute Gasteiger partial charge is 0.269 e. The van der Waals surface area contributed by atoms with Crippen LogP contribution >= 0.6 is 23.1 Å². The van der Waals surface area contributed by atoms with E-state index < -0.39 is 4.92 Å². The van der Waals surface area contributed by atoms with Gasteiger partial charge < -0.3 is 10.3 Å². The number of hydrogen-bond acceptors (Lipinski definition) is 7. The number of thiophene rings is 1. The van der Waals surface area contributed by atoms with Gasteiger partial charge in [-0.25, -0.2) is 4.98 Å². The molecule has 29 heavy (non-hydrogen) atoms. The number of aryl methyl sites for hydroxylation is 1. The number of nitro groups is 1. The number of nitro benzene ring substituents is 1. The van der Waals surface area contributed by atoms with Gasteiger partial charge >= 0.3 is 0 Å². The van der Waals surface area contributed by atoms with Crippen LogP contribution in [-0.4, -0.2) is 26.6 Å². The van der Waals surface area contributed by atoms with Gasteiger partial charge in [0.05, 0.1) is 16.1 Å². The highest BCUT2D eigenvalue weighted by Crippen LogP contribution is 2.36. The lowest BCUT2D eigenvalue weighted by Gasteiger charge is -2.17. The molecule has 0 saturated carbocycles. The second kappa shape index (κ2) is 7.96. The van der Waals surface area contributed by atoms with Crippen LogP contribution in [0.25, 0.3) is 10.2 Å². The second-order valence-electron chi connectivity index (χ2n) is 7.04. The Morgan fingerprint density at radius 2 is 2.17 bits per heavy atom. The highest BCUT2D eigenvalue weighted by molar-refractivity contribution is 7.99. The quantitative estimate of drug-likeness (QED) is 0.275. The number of nitrogens with zero attached hydrogens (tertiary/aromatic N) is 2. The molecule has 2 N–H and O–H groups in total. The van der Waals surface area contributed by atoms with E-state index in [0.717, 1.165) is 41.4 Å². The first-order valence-corrected chi connectivity index (χ1v) is 10.9. The van der Waals surface area contributed by atoms with E-state index in [9.17, 15) is 19.7 Å². The standard InChI is InChI=1S/C19H18N4O4S2/c1-10-2-7-13-14(8-10)29-18-16(13)17(25)21-19(22-18)28-9-15(24)20-11-3-5-12(6-4-11)23(26)27/h3-6,10H,2,7-9H2,1H3,(H,20,24)(H,21,22,25). The summed E-state index contributed by atoms with van der Waals surface area (Å²) >= 11 is 2.72. The molecule has 0 spiro atoms. The Bertz CT molecular complexity index is 1150. The fourth-order valence-corrected chi connectivity index (χ4v) is 5.50. The molecule has 1 aliphatic rings. The summed E-state index contributed by atoms with van der Waals surface area (Å²) in [6.45, 7) is 2.22. The third-order valence-corrected chi connectivity index (χ3v) is 6.87. The minimum absolute atomic E-state index is 0.0412. The number of H-pyrrole nitrogens is 1. The Labute approximate surface area is 173 Å². The van der Waals surface area contributed by atoms with Crippen molar-refractivity contribution in [3.8, 4) is 0 Å². The molecule has 2 aromatic heterocycles. The Balaban J connectivity index is 1.45. The molecule has 0 radical (unpaired) electrons. The van der Waals surface area contributed by atoms with Crippen LogP contribution in [0.4, 0.5) is 11.4 Å². The van der Waals surface area contributed by atoms with Gasteiger partial charge in [0.15, 0.2) is 5.16 Å². The van der Waals surface area contributed by atoms with Gasteiger partial charge in [0.1, 0.15) is 4.83 Å². The number of anilines is 1. The molecule has 1 atom stereocenters. The fourth-order valence-electron chi connectivity index (χ4n) is 3.39. The van der Waals surface area contributed by atoms with E-state index in [1.54, 1.807) is 11.3 Å². The van der Waals surface area contributed by atoms with Crippen molar-refractivity contribution < 1.29 is 9.72 Å². The highest BCUT2D eigenvalue weighted by atomic mass is 32.2. The first-order chi connectivity index (χ1) is 13.9. The van der Waals surface area contributed by atoms with Crippen molar-refractivity contribution in [1.82, 2.24) is 9.97 Å². The molecule has 0 aliphatic heterocycles. The zero-order valence-electron chi connectivity index (χ0n) is 15.6. The number of nitrogens with one attached hydrogen (secondary N) is 2. The van der Waals surface area contributed by atoms with Gasteiger partial charge in [0, 0.05) is 22.7 Å². The van der Waals surface area contributed by atoms with E-state index in [1.165, 1.54) is 29.1 Å². The normalized spacial score (nSPS) is 15.8. The molecule has 8 nitrogen and oxygen atoms in total. The molecule has 2 heterocycles. The van der Waals surface area contributed by atoms with Crippen LogP contribution in [0, 0.1) is 16.0 Å². The van der Waals surface area contributed by atoms with Crippen molar-refractivity contribution in [2.75, 3.05) is 11.1 Å². The summed E-state index contributed by atoms with van der Waals surface area (Å²) in [7, 11) is 0. The van der Waals surface area contributed by atoms with Crippen LogP contribution in [0.3, 0.4) is 0 Å². The van der Waals surface area contributed by atoms with Gasteiger partial charge in [-0.15, -0.1) is 11.3 Å². The second-order valence-corrected chi connectivity index (χ2v) is 9.09. The number of thioether (sulfide) groups is 1. The molecule has 0 saturated heterocycles. The average molecular weight is 431 g/mol. The lowest BCUT2D eigenvalue weighted by Crippen LogP contribution is -2.16. The molecule has 3 aromatic rings. The van der Waals surface area contributed by atoms with Crippen molar-refractivity contribution >= 4 is 50.6 Å². The van der Waals surface area contributed by atoms with Crippen molar-refractivity contribution in [1.29, 1.82) is 0 Å². The van der Waals surface area contributed by atoms with Crippen molar-refractivity contribution in [2.45, 2.75) is 31.3 Å². The van der Waals surface area contributed by atoms with Crippen LogP contribution in [0.15, 0.2) is 34.2 Å². The zero-order valence-corrected chi connectivity index (χ0v) is 17.2. The van der Waals surface area contributed by atoms with E-state index in [-0.39, 0.29) is 22.9 Å². The highest BCUT2D eigenvalue weighted by Gasteiger charge is 2.23. The molecule has 1 unspecified atom stereocenters. The van der Waals surface area contributed by atoms with Crippen LogP contribution < -0.4 is 10.9 Å². The zero-order chi connectivity index (χ0) is 20.5. The average Bonchev–Trinajstić information content (AvgIpc) is 3.04. The molecule has 150 valence electrons. The third kappa shape index (κ3) is 4.18. The number of aromatic amines is 1. The first-order valence-electron chi connectivity index (χ1n) is 9.12. The molecule has 10 heteroatoms. The van der Waals surface area contributed by atoms with Crippen LogP contribution in [0.1, 0.15) is 23.8 Å². The van der Waals surface area contributed by atoms with Crippen molar-refractivity contribution in [3.05, 3.63) is 55.2 Å². The Kier molecular flexibility index (Phi) is 5.37. The molecule has 0 fully saturated rings. The molecule has 1 amide bonds. The number of aromatic nitrogens is 2. The Morgan fingerprint density at radius 1 is 1.41 bits per heavy atom. The number of fused-ring (bicyclic) bond motifs is 3. The number of carbonyl (C=O) groups is 1. The summed E-state index contributed by atoms with van der Waals surface area (Å²) < 4.78 is 0. The number of rotatable bonds is 5. The maximum atomic E-state index is 12.6. The number of non-ortho nitro benzene ring substituents is 1. The first kappa shape index (κ1) is 19.6. The third-order valence-electron chi connectivity index (χ3n) is 4.85. The van der Waals surface area contributed by atoms with Gasteiger partial charge in [-0.3, -0.25) is 19.7 Å². The van der Waals surface area contributed by atoms with Crippen molar-refractivity contribution in [2.24, 2.45) is 5.92 Å². The number of carbonyl (C=O) groups excluding carboxylic acids is 1. The molecular formula is C19H18N4O4S2. The minimum atomic E-state index is -0.497.